The fraction of sp³-hybridized carbons (Fsp3) is 0. The molecule has 6 nitrogen and oxygen atoms in total. The van der Waals surface area contributed by atoms with E-state index in [1.807, 2.05) is 0 Å². The summed E-state index contributed by atoms with van der Waals surface area (Å²) in [5.41, 5.74) is -0.495. The molecule has 0 aliphatic carbocycles. The van der Waals surface area contributed by atoms with E-state index < -0.39 is 42.3 Å². The highest BCUT2D eigenvalue weighted by Gasteiger charge is 2.23. The van der Waals surface area contributed by atoms with Crippen LogP contribution in [0.2, 0.25) is 10.0 Å². The molecule has 0 spiro atoms. The molecule has 140 valence electrons. The fourth-order valence-electron chi connectivity index (χ4n) is 1.90. The summed E-state index contributed by atoms with van der Waals surface area (Å²) in [6.07, 6.45) is 1.12. The van der Waals surface area contributed by atoms with Gasteiger partial charge in [-0.15, -0.1) is 0 Å². The van der Waals surface area contributed by atoms with E-state index in [9.17, 15) is 25.6 Å². The molecule has 0 atom stereocenters. The van der Waals surface area contributed by atoms with Crippen molar-refractivity contribution in [1.82, 2.24) is 0 Å². The normalized spacial score (nSPS) is 12.5. The standard InChI is InChI=1S/C14H10Cl2F2N2O4S2/c15-10-2-1-8(5-11(10)16)3-4-25(21,22)20-13-7-9(17)6-12(18)14(13)26(19,23)24/h1-7,20H,(H2,19,23,24)/b4-3+. The van der Waals surface area contributed by atoms with Crippen molar-refractivity contribution in [3.05, 3.63) is 63.0 Å². The van der Waals surface area contributed by atoms with Crippen LogP contribution in [0.4, 0.5) is 14.5 Å². The van der Waals surface area contributed by atoms with E-state index in [2.05, 4.69) is 0 Å². The second-order valence-corrected chi connectivity index (χ2v) is 8.81. The van der Waals surface area contributed by atoms with Gasteiger partial charge in [0.2, 0.25) is 10.0 Å². The van der Waals surface area contributed by atoms with Gasteiger partial charge in [-0.25, -0.2) is 30.8 Å². The highest BCUT2D eigenvalue weighted by Crippen LogP contribution is 2.27. The van der Waals surface area contributed by atoms with Crippen LogP contribution in [-0.4, -0.2) is 16.8 Å². The third-order valence-electron chi connectivity index (χ3n) is 2.93. The molecule has 2 aromatic carbocycles. The number of primary sulfonamides is 1. The lowest BCUT2D eigenvalue weighted by Gasteiger charge is -2.10. The Balaban J connectivity index is 2.41. The molecular formula is C14H10Cl2F2N2O4S2. The Morgan fingerprint density at radius 1 is 1.00 bits per heavy atom. The Labute approximate surface area is 158 Å². The first-order chi connectivity index (χ1) is 11.9. The smallest absolute Gasteiger partial charge is 0.255 e. The first-order valence-electron chi connectivity index (χ1n) is 6.57. The number of anilines is 1. The number of hydrogen-bond acceptors (Lipinski definition) is 4. The minimum absolute atomic E-state index is 0.183. The maximum absolute atomic E-state index is 13.7. The van der Waals surface area contributed by atoms with Crippen molar-refractivity contribution in [3.8, 4) is 0 Å². The number of benzene rings is 2. The lowest BCUT2D eigenvalue weighted by molar-refractivity contribution is 0.551. The SMILES string of the molecule is NS(=O)(=O)c1c(F)cc(F)cc1NS(=O)(=O)/C=C/c1ccc(Cl)c(Cl)c1. The van der Waals surface area contributed by atoms with E-state index in [-0.39, 0.29) is 16.1 Å². The molecule has 3 N–H and O–H groups in total. The number of nitrogens with two attached hydrogens (primary N) is 1. The average molecular weight is 443 g/mol. The van der Waals surface area contributed by atoms with Crippen molar-refractivity contribution in [2.75, 3.05) is 4.72 Å². The van der Waals surface area contributed by atoms with Crippen LogP contribution in [0.25, 0.3) is 6.08 Å². The van der Waals surface area contributed by atoms with Crippen molar-refractivity contribution in [1.29, 1.82) is 0 Å². The molecular weight excluding hydrogens is 433 g/mol. The second kappa shape index (κ2) is 7.49. The molecule has 0 saturated heterocycles. The minimum Gasteiger partial charge on any atom is -0.279 e. The van der Waals surface area contributed by atoms with Crippen molar-refractivity contribution < 1.29 is 25.6 Å². The zero-order valence-electron chi connectivity index (χ0n) is 12.6. The molecule has 0 bridgehead atoms. The van der Waals surface area contributed by atoms with Gasteiger partial charge in [0, 0.05) is 6.07 Å². The first-order valence-corrected chi connectivity index (χ1v) is 10.4. The van der Waals surface area contributed by atoms with Crippen LogP contribution in [0, 0.1) is 11.6 Å². The lowest BCUT2D eigenvalue weighted by atomic mass is 10.2. The first kappa shape index (κ1) is 20.6. The Morgan fingerprint density at radius 2 is 1.65 bits per heavy atom. The summed E-state index contributed by atoms with van der Waals surface area (Å²) in [6.45, 7) is 0. The van der Waals surface area contributed by atoms with Crippen molar-refractivity contribution in [2.24, 2.45) is 5.14 Å². The quantitative estimate of drug-likeness (QED) is 0.740. The second-order valence-electron chi connectivity index (χ2n) is 4.93. The number of sulfonamides is 2. The van der Waals surface area contributed by atoms with Gasteiger partial charge in [0.15, 0.2) is 0 Å². The third kappa shape index (κ3) is 5.15. The number of halogens is 4. The van der Waals surface area contributed by atoms with Gasteiger partial charge < -0.3 is 0 Å². The van der Waals surface area contributed by atoms with E-state index in [0.717, 1.165) is 6.08 Å². The van der Waals surface area contributed by atoms with Gasteiger partial charge in [0.1, 0.15) is 16.5 Å². The summed E-state index contributed by atoms with van der Waals surface area (Å²) < 4.78 is 75.9. The van der Waals surface area contributed by atoms with E-state index in [4.69, 9.17) is 28.3 Å². The molecule has 2 rings (SSSR count). The van der Waals surface area contributed by atoms with Crippen LogP contribution in [0.1, 0.15) is 5.56 Å². The fourth-order valence-corrected chi connectivity index (χ4v) is 3.89. The van der Waals surface area contributed by atoms with Gasteiger partial charge in [-0.05, 0) is 29.8 Å². The Hall–Kier alpha value is -1.72. The third-order valence-corrected chi connectivity index (χ3v) is 5.65. The summed E-state index contributed by atoms with van der Waals surface area (Å²) in [5.74, 6) is -2.72. The summed E-state index contributed by atoms with van der Waals surface area (Å²) >= 11 is 11.5. The van der Waals surface area contributed by atoms with E-state index in [1.165, 1.54) is 18.2 Å². The lowest BCUT2D eigenvalue weighted by Crippen LogP contribution is -2.19. The van der Waals surface area contributed by atoms with E-state index >= 15 is 0 Å². The molecule has 0 amide bonds. The summed E-state index contributed by atoms with van der Waals surface area (Å²) in [7, 11) is -8.99. The minimum atomic E-state index is -4.66. The maximum atomic E-state index is 13.7. The number of hydrogen-bond donors (Lipinski definition) is 2. The summed E-state index contributed by atoms with van der Waals surface area (Å²) in [6, 6.07) is 5.05. The topological polar surface area (TPSA) is 106 Å². The molecule has 0 heterocycles. The molecule has 0 radical (unpaired) electrons. The molecule has 0 aliphatic heterocycles. The average Bonchev–Trinajstić information content (AvgIpc) is 2.46. The Bertz CT molecular complexity index is 1100. The molecule has 26 heavy (non-hydrogen) atoms. The number of nitrogens with one attached hydrogen (secondary N) is 1. The van der Waals surface area contributed by atoms with E-state index in [0.29, 0.717) is 17.0 Å². The highest BCUT2D eigenvalue weighted by molar-refractivity contribution is 7.95. The summed E-state index contributed by atoms with van der Waals surface area (Å²) in [4.78, 5) is -1.18. The zero-order valence-corrected chi connectivity index (χ0v) is 15.7. The summed E-state index contributed by atoms with van der Waals surface area (Å²) in [5, 5.41) is 5.95. The predicted molar refractivity (Wildman–Crippen MR) is 95.8 cm³/mol. The van der Waals surface area contributed by atoms with Crippen LogP contribution in [0.5, 0.6) is 0 Å². The zero-order chi connectivity index (χ0) is 19.7. The van der Waals surface area contributed by atoms with Crippen LogP contribution >= 0.6 is 23.2 Å². The molecule has 0 saturated carbocycles. The van der Waals surface area contributed by atoms with Gasteiger partial charge in [-0.1, -0.05) is 29.3 Å². The predicted octanol–water partition coefficient (Wildman–Crippen LogP) is 3.33. The van der Waals surface area contributed by atoms with Gasteiger partial charge in [-0.3, -0.25) is 4.72 Å². The maximum Gasteiger partial charge on any atom is 0.255 e. The van der Waals surface area contributed by atoms with Crippen molar-refractivity contribution in [2.45, 2.75) is 4.90 Å². The molecule has 0 aromatic heterocycles. The van der Waals surface area contributed by atoms with Crippen LogP contribution in [0.15, 0.2) is 40.6 Å². The Kier molecular flexibility index (Phi) is 5.93. The van der Waals surface area contributed by atoms with Gasteiger partial charge >= 0.3 is 0 Å². The van der Waals surface area contributed by atoms with Crippen LogP contribution < -0.4 is 9.86 Å². The Morgan fingerprint density at radius 3 is 2.23 bits per heavy atom. The largest absolute Gasteiger partial charge is 0.279 e. The van der Waals surface area contributed by atoms with Crippen molar-refractivity contribution >= 4 is 55.0 Å². The monoisotopic (exact) mass is 442 g/mol. The van der Waals surface area contributed by atoms with Gasteiger partial charge in [-0.2, -0.15) is 0 Å². The van der Waals surface area contributed by atoms with Crippen LogP contribution in [-0.2, 0) is 20.0 Å². The number of rotatable bonds is 5. The molecule has 0 unspecified atom stereocenters. The van der Waals surface area contributed by atoms with Gasteiger partial charge in [0.25, 0.3) is 10.0 Å². The van der Waals surface area contributed by atoms with Crippen LogP contribution in [0.3, 0.4) is 0 Å². The van der Waals surface area contributed by atoms with Gasteiger partial charge in [0.05, 0.1) is 21.1 Å². The molecule has 0 fully saturated rings. The molecule has 0 aliphatic rings. The van der Waals surface area contributed by atoms with Crippen molar-refractivity contribution in [3.63, 3.8) is 0 Å². The molecule has 12 heteroatoms. The highest BCUT2D eigenvalue weighted by atomic mass is 35.5. The molecule has 2 aromatic rings. The van der Waals surface area contributed by atoms with E-state index in [1.54, 1.807) is 4.72 Å².